The van der Waals surface area contributed by atoms with Crippen molar-refractivity contribution in [3.63, 3.8) is 0 Å². The summed E-state index contributed by atoms with van der Waals surface area (Å²) in [6, 6.07) is 20.6. The van der Waals surface area contributed by atoms with Crippen LogP contribution < -0.4 is 9.62 Å². The molecule has 3 aromatic carbocycles. The summed E-state index contributed by atoms with van der Waals surface area (Å²) in [7, 11) is -4.09. The summed E-state index contributed by atoms with van der Waals surface area (Å²) >= 11 is 0. The Morgan fingerprint density at radius 1 is 0.897 bits per heavy atom. The van der Waals surface area contributed by atoms with Crippen molar-refractivity contribution >= 4 is 27.5 Å². The monoisotopic (exact) mass is 549 g/mol. The highest BCUT2D eigenvalue weighted by atomic mass is 32.2. The van der Waals surface area contributed by atoms with Gasteiger partial charge in [-0.15, -0.1) is 0 Å². The number of aryl methyl sites for hydroxylation is 2. The predicted molar refractivity (Wildman–Crippen MR) is 156 cm³/mol. The molecule has 0 saturated heterocycles. The summed E-state index contributed by atoms with van der Waals surface area (Å²) in [5, 5.41) is 2.90. The van der Waals surface area contributed by atoms with Gasteiger partial charge < -0.3 is 10.2 Å². The Morgan fingerprint density at radius 3 is 2.21 bits per heavy atom. The van der Waals surface area contributed by atoms with Gasteiger partial charge in [0.25, 0.3) is 10.0 Å². The van der Waals surface area contributed by atoms with Gasteiger partial charge in [-0.3, -0.25) is 13.9 Å². The molecular formula is C31H39N3O4S. The number of carbonyl (C=O) groups is 2. The number of benzene rings is 3. The minimum Gasteiger partial charge on any atom is -0.354 e. The first-order chi connectivity index (χ1) is 18.6. The number of hydrogen-bond donors (Lipinski definition) is 1. The molecule has 0 radical (unpaired) electrons. The lowest BCUT2D eigenvalue weighted by Gasteiger charge is -2.32. The molecule has 0 aliphatic carbocycles. The first kappa shape index (κ1) is 29.9. The van der Waals surface area contributed by atoms with E-state index in [0.29, 0.717) is 12.2 Å². The second-order valence-corrected chi connectivity index (χ2v) is 11.7. The summed E-state index contributed by atoms with van der Waals surface area (Å²) < 4.78 is 29.1. The second kappa shape index (κ2) is 13.4. The van der Waals surface area contributed by atoms with Gasteiger partial charge in [-0.05, 0) is 69.0 Å². The quantitative estimate of drug-likeness (QED) is 0.317. The largest absolute Gasteiger partial charge is 0.354 e. The molecule has 0 spiro atoms. The van der Waals surface area contributed by atoms with Gasteiger partial charge in [0.05, 0.1) is 10.6 Å². The van der Waals surface area contributed by atoms with Crippen LogP contribution in [0, 0.1) is 20.8 Å². The molecule has 0 fully saturated rings. The number of sulfonamides is 1. The SMILES string of the molecule is CCCCNC(=O)[C@H](C)N(Cc1ccccc1)C(=O)CN(c1cccc(C)c1C)S(=O)(=O)c1ccc(C)cc1. The lowest BCUT2D eigenvalue weighted by atomic mass is 10.1. The van der Waals surface area contributed by atoms with Gasteiger partial charge >= 0.3 is 0 Å². The fourth-order valence-electron chi connectivity index (χ4n) is 4.26. The molecule has 1 N–H and O–H groups in total. The van der Waals surface area contributed by atoms with Crippen molar-refractivity contribution in [3.05, 3.63) is 95.1 Å². The average molecular weight is 550 g/mol. The number of nitrogens with one attached hydrogen (secondary N) is 1. The smallest absolute Gasteiger partial charge is 0.264 e. The van der Waals surface area contributed by atoms with Crippen LogP contribution in [0.2, 0.25) is 0 Å². The van der Waals surface area contributed by atoms with E-state index in [1.807, 2.05) is 64.1 Å². The van der Waals surface area contributed by atoms with E-state index in [1.54, 1.807) is 43.3 Å². The third-order valence-electron chi connectivity index (χ3n) is 6.93. The molecule has 1 atom stereocenters. The van der Waals surface area contributed by atoms with E-state index in [2.05, 4.69) is 5.32 Å². The average Bonchev–Trinajstić information content (AvgIpc) is 2.92. The molecule has 7 nitrogen and oxygen atoms in total. The standard InChI is InChI=1S/C31H39N3O4S/c1-6-7-20-32-31(36)26(5)33(21-27-13-9-8-10-14-27)30(35)22-34(29-15-11-12-24(3)25(29)4)39(37,38)28-18-16-23(2)17-19-28/h8-19,26H,6-7,20-22H2,1-5H3,(H,32,36)/t26-/m0/s1. The highest BCUT2D eigenvalue weighted by Gasteiger charge is 2.33. The van der Waals surface area contributed by atoms with Crippen molar-refractivity contribution in [3.8, 4) is 0 Å². The lowest BCUT2D eigenvalue weighted by Crippen LogP contribution is -2.51. The van der Waals surface area contributed by atoms with Crippen LogP contribution in [-0.4, -0.2) is 44.3 Å². The number of unbranched alkanes of at least 4 members (excludes halogenated alkanes) is 1. The molecule has 8 heteroatoms. The molecule has 0 bridgehead atoms. The first-order valence-corrected chi connectivity index (χ1v) is 14.8. The van der Waals surface area contributed by atoms with Crippen molar-refractivity contribution in [2.75, 3.05) is 17.4 Å². The molecule has 0 aromatic heterocycles. The summed E-state index contributed by atoms with van der Waals surface area (Å²) in [4.78, 5) is 28.6. The summed E-state index contributed by atoms with van der Waals surface area (Å²) in [6.45, 7) is 9.60. The highest BCUT2D eigenvalue weighted by Crippen LogP contribution is 2.29. The van der Waals surface area contributed by atoms with Crippen molar-refractivity contribution in [1.29, 1.82) is 0 Å². The Labute approximate surface area is 232 Å². The van der Waals surface area contributed by atoms with Gasteiger partial charge in [-0.25, -0.2) is 8.42 Å². The first-order valence-electron chi connectivity index (χ1n) is 13.3. The van der Waals surface area contributed by atoms with E-state index in [0.717, 1.165) is 35.1 Å². The van der Waals surface area contributed by atoms with E-state index in [4.69, 9.17) is 0 Å². The zero-order valence-electron chi connectivity index (χ0n) is 23.5. The highest BCUT2D eigenvalue weighted by molar-refractivity contribution is 7.92. The number of rotatable bonds is 12. The molecule has 39 heavy (non-hydrogen) atoms. The van der Waals surface area contributed by atoms with Gasteiger partial charge in [0.15, 0.2) is 0 Å². The number of hydrogen-bond acceptors (Lipinski definition) is 4. The van der Waals surface area contributed by atoms with E-state index in [-0.39, 0.29) is 17.3 Å². The Hall–Kier alpha value is -3.65. The zero-order chi connectivity index (χ0) is 28.6. The Balaban J connectivity index is 2.03. The molecule has 0 saturated carbocycles. The third kappa shape index (κ3) is 7.47. The molecule has 0 unspecified atom stereocenters. The number of nitrogens with zero attached hydrogens (tertiary/aromatic N) is 2. The molecule has 0 aliphatic rings. The van der Waals surface area contributed by atoms with Gasteiger partial charge in [-0.1, -0.05) is 73.5 Å². The fraction of sp³-hybridized carbons (Fsp3) is 0.355. The lowest BCUT2D eigenvalue weighted by molar-refractivity contribution is -0.139. The van der Waals surface area contributed by atoms with E-state index in [1.165, 1.54) is 9.21 Å². The van der Waals surface area contributed by atoms with Gasteiger partial charge in [0, 0.05) is 13.1 Å². The number of amides is 2. The van der Waals surface area contributed by atoms with Crippen LogP contribution in [-0.2, 0) is 26.2 Å². The molecule has 3 rings (SSSR count). The van der Waals surface area contributed by atoms with Crippen molar-refractivity contribution in [2.24, 2.45) is 0 Å². The summed E-state index contributed by atoms with van der Waals surface area (Å²) in [5.41, 5.74) is 3.89. The van der Waals surface area contributed by atoms with Crippen LogP contribution in [0.4, 0.5) is 5.69 Å². The normalized spacial score (nSPS) is 12.0. The van der Waals surface area contributed by atoms with Crippen LogP contribution in [0.3, 0.4) is 0 Å². The number of carbonyl (C=O) groups excluding carboxylic acids is 2. The Bertz CT molecular complexity index is 1370. The molecular weight excluding hydrogens is 510 g/mol. The second-order valence-electron chi connectivity index (χ2n) is 9.87. The van der Waals surface area contributed by atoms with E-state index in [9.17, 15) is 18.0 Å². The maximum Gasteiger partial charge on any atom is 0.264 e. The third-order valence-corrected chi connectivity index (χ3v) is 8.70. The van der Waals surface area contributed by atoms with Crippen LogP contribution in [0.5, 0.6) is 0 Å². The molecule has 0 heterocycles. The fourth-order valence-corrected chi connectivity index (χ4v) is 5.73. The van der Waals surface area contributed by atoms with Crippen LogP contribution in [0.1, 0.15) is 48.9 Å². The molecule has 208 valence electrons. The van der Waals surface area contributed by atoms with E-state index < -0.39 is 28.5 Å². The van der Waals surface area contributed by atoms with Crippen LogP contribution >= 0.6 is 0 Å². The molecule has 2 amide bonds. The Morgan fingerprint density at radius 2 is 1.56 bits per heavy atom. The van der Waals surface area contributed by atoms with Gasteiger partial charge in [0.2, 0.25) is 11.8 Å². The summed E-state index contributed by atoms with van der Waals surface area (Å²) in [6.07, 6.45) is 1.77. The van der Waals surface area contributed by atoms with Crippen LogP contribution in [0.15, 0.2) is 77.7 Å². The topological polar surface area (TPSA) is 86.8 Å². The maximum absolute atomic E-state index is 14.0. The minimum absolute atomic E-state index is 0.0989. The summed E-state index contributed by atoms with van der Waals surface area (Å²) in [5.74, 6) is -0.735. The van der Waals surface area contributed by atoms with Crippen molar-refractivity contribution < 1.29 is 18.0 Å². The van der Waals surface area contributed by atoms with E-state index >= 15 is 0 Å². The molecule has 0 aliphatic heterocycles. The zero-order valence-corrected chi connectivity index (χ0v) is 24.3. The predicted octanol–water partition coefficient (Wildman–Crippen LogP) is 5.14. The van der Waals surface area contributed by atoms with Crippen molar-refractivity contribution in [2.45, 2.75) is 64.9 Å². The number of anilines is 1. The van der Waals surface area contributed by atoms with Crippen LogP contribution in [0.25, 0.3) is 0 Å². The maximum atomic E-state index is 14.0. The van der Waals surface area contributed by atoms with Gasteiger partial charge in [0.1, 0.15) is 12.6 Å². The van der Waals surface area contributed by atoms with Crippen molar-refractivity contribution in [1.82, 2.24) is 10.2 Å². The van der Waals surface area contributed by atoms with Gasteiger partial charge in [-0.2, -0.15) is 0 Å². The minimum atomic E-state index is -4.09. The molecule has 3 aromatic rings. The Kier molecular flexibility index (Phi) is 10.3.